The number of rotatable bonds is 3. The second-order valence-electron chi connectivity index (χ2n) is 6.44. The fraction of sp³-hybridized carbons (Fsp3) is 0.800. The molecule has 1 saturated heterocycles. The molecule has 2 aliphatic rings. The second kappa shape index (κ2) is 6.13. The summed E-state index contributed by atoms with van der Waals surface area (Å²) in [5.41, 5.74) is 5.97. The molecule has 1 aliphatic carbocycles. The number of amides is 1. The normalized spacial score (nSPS) is 29.2. The van der Waals surface area contributed by atoms with Gasteiger partial charge in [-0.3, -0.25) is 9.48 Å². The molecule has 21 heavy (non-hydrogen) atoms. The zero-order chi connectivity index (χ0) is 14.8. The van der Waals surface area contributed by atoms with Crippen molar-refractivity contribution in [1.82, 2.24) is 19.9 Å². The van der Waals surface area contributed by atoms with Crippen LogP contribution in [0.2, 0.25) is 0 Å². The van der Waals surface area contributed by atoms with Crippen LogP contribution in [0.4, 0.5) is 0 Å². The van der Waals surface area contributed by atoms with Crippen molar-refractivity contribution < 1.29 is 4.79 Å². The number of nitrogens with zero attached hydrogens (tertiary/aromatic N) is 4. The quantitative estimate of drug-likeness (QED) is 0.910. The predicted octanol–water partition coefficient (Wildman–Crippen LogP) is 1.28. The Kier molecular flexibility index (Phi) is 4.24. The Morgan fingerprint density at radius 3 is 3.00 bits per heavy atom. The molecule has 3 rings (SSSR count). The molecule has 1 aliphatic heterocycles. The zero-order valence-electron chi connectivity index (χ0n) is 12.7. The Labute approximate surface area is 125 Å². The smallest absolute Gasteiger partial charge is 0.276 e. The van der Waals surface area contributed by atoms with E-state index in [4.69, 9.17) is 5.73 Å². The van der Waals surface area contributed by atoms with Crippen LogP contribution in [0.3, 0.4) is 0 Å². The molecule has 0 bridgehead atoms. The van der Waals surface area contributed by atoms with Gasteiger partial charge in [0, 0.05) is 19.1 Å². The third-order valence-electron chi connectivity index (χ3n) is 5.11. The Hall–Kier alpha value is -1.43. The Balaban J connectivity index is 1.76. The average molecular weight is 291 g/mol. The van der Waals surface area contributed by atoms with Crippen molar-refractivity contribution in [2.75, 3.05) is 13.1 Å². The molecule has 0 aromatic carbocycles. The molecule has 2 N–H and O–H groups in total. The lowest BCUT2D eigenvalue weighted by atomic mass is 9.72. The first kappa shape index (κ1) is 14.5. The van der Waals surface area contributed by atoms with Crippen molar-refractivity contribution >= 4 is 5.91 Å². The highest BCUT2D eigenvalue weighted by molar-refractivity contribution is 5.92. The number of fused-ring (bicyclic) bond motifs is 1. The molecule has 3 atom stereocenters. The summed E-state index contributed by atoms with van der Waals surface area (Å²) in [4.78, 5) is 14.8. The van der Waals surface area contributed by atoms with Gasteiger partial charge in [-0.2, -0.15) is 0 Å². The Morgan fingerprint density at radius 1 is 1.38 bits per heavy atom. The van der Waals surface area contributed by atoms with Gasteiger partial charge in [0.2, 0.25) is 0 Å². The third kappa shape index (κ3) is 2.81. The van der Waals surface area contributed by atoms with Gasteiger partial charge in [0.05, 0.1) is 12.7 Å². The molecule has 2 fully saturated rings. The van der Waals surface area contributed by atoms with E-state index in [1.165, 1.54) is 19.3 Å². The number of piperidine rings is 1. The highest BCUT2D eigenvalue weighted by Crippen LogP contribution is 2.39. The number of hydrogen-bond donors (Lipinski definition) is 1. The van der Waals surface area contributed by atoms with Crippen LogP contribution in [-0.4, -0.2) is 44.9 Å². The molecule has 6 nitrogen and oxygen atoms in total. The van der Waals surface area contributed by atoms with E-state index >= 15 is 0 Å². The Bertz CT molecular complexity index is 500. The third-order valence-corrected chi connectivity index (χ3v) is 5.11. The fourth-order valence-electron chi connectivity index (χ4n) is 3.95. The van der Waals surface area contributed by atoms with Gasteiger partial charge in [0.15, 0.2) is 5.69 Å². The van der Waals surface area contributed by atoms with Crippen molar-refractivity contribution in [2.24, 2.45) is 17.6 Å². The van der Waals surface area contributed by atoms with Crippen molar-refractivity contribution in [1.29, 1.82) is 0 Å². The van der Waals surface area contributed by atoms with Crippen molar-refractivity contribution in [2.45, 2.75) is 51.6 Å². The fourth-order valence-corrected chi connectivity index (χ4v) is 3.95. The number of carbonyl (C=O) groups is 1. The van der Waals surface area contributed by atoms with E-state index in [9.17, 15) is 4.79 Å². The SMILES string of the molecule is CC1CCN(C(=O)c2cn(CCN)nn2)C2CCCCC12. The van der Waals surface area contributed by atoms with E-state index in [1.807, 2.05) is 0 Å². The molecule has 2 heterocycles. The summed E-state index contributed by atoms with van der Waals surface area (Å²) in [6, 6.07) is 0.398. The van der Waals surface area contributed by atoms with Crippen LogP contribution >= 0.6 is 0 Å². The van der Waals surface area contributed by atoms with Crippen molar-refractivity contribution in [3.05, 3.63) is 11.9 Å². The topological polar surface area (TPSA) is 77.0 Å². The predicted molar refractivity (Wildman–Crippen MR) is 79.6 cm³/mol. The monoisotopic (exact) mass is 291 g/mol. The molecule has 1 aromatic heterocycles. The lowest BCUT2D eigenvalue weighted by molar-refractivity contribution is 0.0213. The lowest BCUT2D eigenvalue weighted by Crippen LogP contribution is -2.52. The lowest BCUT2D eigenvalue weighted by Gasteiger charge is -2.47. The first-order valence-corrected chi connectivity index (χ1v) is 8.12. The van der Waals surface area contributed by atoms with Crippen molar-refractivity contribution in [3.63, 3.8) is 0 Å². The summed E-state index contributed by atoms with van der Waals surface area (Å²) in [5, 5.41) is 8.01. The standard InChI is InChI=1S/C15H25N5O/c1-11-6-8-20(14-5-3-2-4-12(11)14)15(21)13-10-19(9-7-16)18-17-13/h10-12,14H,2-9,16H2,1H3. The van der Waals surface area contributed by atoms with Gasteiger partial charge in [0.25, 0.3) is 5.91 Å². The van der Waals surface area contributed by atoms with E-state index in [1.54, 1.807) is 10.9 Å². The second-order valence-corrected chi connectivity index (χ2v) is 6.44. The van der Waals surface area contributed by atoms with Crippen LogP contribution < -0.4 is 5.73 Å². The highest BCUT2D eigenvalue weighted by atomic mass is 16.2. The summed E-state index contributed by atoms with van der Waals surface area (Å²) >= 11 is 0. The molecule has 116 valence electrons. The van der Waals surface area contributed by atoms with Crippen LogP contribution in [0, 0.1) is 11.8 Å². The minimum atomic E-state index is 0.0436. The molecule has 6 heteroatoms. The molecule has 0 spiro atoms. The first-order valence-electron chi connectivity index (χ1n) is 8.12. The van der Waals surface area contributed by atoms with Crippen LogP contribution in [0.5, 0.6) is 0 Å². The summed E-state index contributed by atoms with van der Waals surface area (Å²) < 4.78 is 1.65. The van der Waals surface area contributed by atoms with Gasteiger partial charge in [-0.15, -0.1) is 5.10 Å². The summed E-state index contributed by atoms with van der Waals surface area (Å²) in [6.07, 6.45) is 7.76. The maximum Gasteiger partial charge on any atom is 0.276 e. The van der Waals surface area contributed by atoms with Gasteiger partial charge in [-0.1, -0.05) is 25.0 Å². The van der Waals surface area contributed by atoms with Gasteiger partial charge in [0.1, 0.15) is 0 Å². The van der Waals surface area contributed by atoms with E-state index in [-0.39, 0.29) is 5.91 Å². The minimum Gasteiger partial charge on any atom is -0.334 e. The Morgan fingerprint density at radius 2 is 2.19 bits per heavy atom. The maximum absolute atomic E-state index is 12.8. The van der Waals surface area contributed by atoms with Gasteiger partial charge in [-0.05, 0) is 31.1 Å². The molecule has 1 saturated carbocycles. The highest BCUT2D eigenvalue weighted by Gasteiger charge is 2.40. The van der Waals surface area contributed by atoms with E-state index in [0.29, 0.717) is 30.7 Å². The van der Waals surface area contributed by atoms with Crippen LogP contribution in [0.25, 0.3) is 0 Å². The van der Waals surface area contributed by atoms with Crippen molar-refractivity contribution in [3.8, 4) is 0 Å². The molecule has 1 amide bonds. The van der Waals surface area contributed by atoms with E-state index in [2.05, 4.69) is 22.1 Å². The minimum absolute atomic E-state index is 0.0436. The van der Waals surface area contributed by atoms with E-state index in [0.717, 1.165) is 25.3 Å². The average Bonchev–Trinajstić information content (AvgIpc) is 2.96. The number of carbonyl (C=O) groups excluding carboxylic acids is 1. The maximum atomic E-state index is 12.8. The zero-order valence-corrected chi connectivity index (χ0v) is 12.7. The summed E-state index contributed by atoms with van der Waals surface area (Å²) in [7, 11) is 0. The molecular weight excluding hydrogens is 266 g/mol. The van der Waals surface area contributed by atoms with Gasteiger partial charge in [-0.25, -0.2) is 0 Å². The van der Waals surface area contributed by atoms with Gasteiger partial charge >= 0.3 is 0 Å². The molecule has 1 aromatic rings. The number of hydrogen-bond acceptors (Lipinski definition) is 4. The molecular formula is C15H25N5O. The largest absolute Gasteiger partial charge is 0.334 e. The summed E-state index contributed by atoms with van der Waals surface area (Å²) in [6.45, 7) is 4.29. The van der Waals surface area contributed by atoms with Gasteiger partial charge < -0.3 is 10.6 Å². The number of likely N-dealkylation sites (tertiary alicyclic amines) is 1. The number of nitrogens with two attached hydrogens (primary N) is 1. The van der Waals surface area contributed by atoms with E-state index < -0.39 is 0 Å². The van der Waals surface area contributed by atoms with Crippen LogP contribution in [0.1, 0.15) is 49.5 Å². The van der Waals surface area contributed by atoms with Crippen LogP contribution in [-0.2, 0) is 6.54 Å². The van der Waals surface area contributed by atoms with Crippen LogP contribution in [0.15, 0.2) is 6.20 Å². The molecule has 3 unspecified atom stereocenters. The summed E-state index contributed by atoms with van der Waals surface area (Å²) in [5.74, 6) is 1.44. The number of aromatic nitrogens is 3. The first-order chi connectivity index (χ1) is 10.2. The molecule has 0 radical (unpaired) electrons.